The summed E-state index contributed by atoms with van der Waals surface area (Å²) in [5.74, 6) is -0.722. The molecular weight excluding hydrogens is 212 g/mol. The smallest absolute Gasteiger partial charge is 0.341 e. The molecule has 0 amide bonds. The van der Waals surface area contributed by atoms with E-state index in [1.54, 1.807) is 13.1 Å². The second-order valence-corrected chi connectivity index (χ2v) is 3.04. The fourth-order valence-corrected chi connectivity index (χ4v) is 1.11. The van der Waals surface area contributed by atoms with Crippen molar-refractivity contribution in [2.45, 2.75) is 19.9 Å². The van der Waals surface area contributed by atoms with E-state index in [4.69, 9.17) is 4.74 Å². The number of esters is 2. The third kappa shape index (κ3) is 3.38. The molecule has 0 aliphatic heterocycles. The molecule has 1 aromatic heterocycles. The highest BCUT2D eigenvalue weighted by Gasteiger charge is 2.09. The maximum absolute atomic E-state index is 11.3. The van der Waals surface area contributed by atoms with Gasteiger partial charge in [-0.3, -0.25) is 9.48 Å². The standard InChI is InChI=1S/C10H14N2O4/c1-3-16-10(14)8-6-11-12(7-8)5-4-9(13)15-2/h6-7H,3-5H2,1-2H3. The van der Waals surface area contributed by atoms with Gasteiger partial charge in [0.05, 0.1) is 38.4 Å². The van der Waals surface area contributed by atoms with E-state index in [0.29, 0.717) is 18.7 Å². The van der Waals surface area contributed by atoms with Crippen molar-refractivity contribution < 1.29 is 19.1 Å². The van der Waals surface area contributed by atoms with Gasteiger partial charge in [0.1, 0.15) is 0 Å². The summed E-state index contributed by atoms with van der Waals surface area (Å²) in [4.78, 5) is 22.2. The Labute approximate surface area is 93.1 Å². The Morgan fingerprint density at radius 3 is 2.88 bits per heavy atom. The molecule has 1 rings (SSSR count). The molecule has 0 unspecified atom stereocenters. The lowest BCUT2D eigenvalue weighted by atomic mass is 10.4. The maximum Gasteiger partial charge on any atom is 0.341 e. The Morgan fingerprint density at radius 2 is 2.25 bits per heavy atom. The van der Waals surface area contributed by atoms with Crippen molar-refractivity contribution in [2.75, 3.05) is 13.7 Å². The molecule has 1 heterocycles. The minimum atomic E-state index is -0.410. The van der Waals surface area contributed by atoms with Crippen LogP contribution in [0.4, 0.5) is 0 Å². The number of methoxy groups -OCH3 is 1. The number of hydrogen-bond donors (Lipinski definition) is 0. The molecule has 6 nitrogen and oxygen atoms in total. The second kappa shape index (κ2) is 5.89. The van der Waals surface area contributed by atoms with Crippen LogP contribution in [0.5, 0.6) is 0 Å². The molecule has 0 aliphatic rings. The zero-order valence-corrected chi connectivity index (χ0v) is 9.30. The van der Waals surface area contributed by atoms with Crippen LogP contribution in [-0.2, 0) is 20.8 Å². The van der Waals surface area contributed by atoms with Gasteiger partial charge in [0.25, 0.3) is 0 Å². The average Bonchev–Trinajstić information content (AvgIpc) is 2.75. The van der Waals surface area contributed by atoms with Gasteiger partial charge < -0.3 is 9.47 Å². The summed E-state index contributed by atoms with van der Waals surface area (Å²) in [6.45, 7) is 2.44. The number of carbonyl (C=O) groups excluding carboxylic acids is 2. The summed E-state index contributed by atoms with van der Waals surface area (Å²) in [6, 6.07) is 0. The minimum absolute atomic E-state index is 0.223. The maximum atomic E-state index is 11.3. The number of nitrogens with zero attached hydrogens (tertiary/aromatic N) is 2. The van der Waals surface area contributed by atoms with Gasteiger partial charge in [0.2, 0.25) is 0 Å². The molecule has 88 valence electrons. The lowest BCUT2D eigenvalue weighted by Crippen LogP contribution is -2.07. The van der Waals surface area contributed by atoms with Crippen LogP contribution in [0.3, 0.4) is 0 Å². The van der Waals surface area contributed by atoms with Gasteiger partial charge in [-0.2, -0.15) is 5.10 Å². The Balaban J connectivity index is 2.51. The summed E-state index contributed by atoms with van der Waals surface area (Å²) in [6.07, 6.45) is 3.18. The minimum Gasteiger partial charge on any atom is -0.469 e. The van der Waals surface area contributed by atoms with Crippen molar-refractivity contribution in [1.29, 1.82) is 0 Å². The second-order valence-electron chi connectivity index (χ2n) is 3.04. The predicted molar refractivity (Wildman–Crippen MR) is 54.8 cm³/mol. The SMILES string of the molecule is CCOC(=O)c1cnn(CCC(=O)OC)c1. The van der Waals surface area contributed by atoms with Crippen LogP contribution in [-0.4, -0.2) is 35.4 Å². The Kier molecular flexibility index (Phi) is 4.50. The van der Waals surface area contributed by atoms with Crippen molar-refractivity contribution in [2.24, 2.45) is 0 Å². The monoisotopic (exact) mass is 226 g/mol. The van der Waals surface area contributed by atoms with E-state index < -0.39 is 5.97 Å². The fraction of sp³-hybridized carbons (Fsp3) is 0.500. The number of rotatable bonds is 5. The highest BCUT2D eigenvalue weighted by Crippen LogP contribution is 2.01. The number of aromatic nitrogens is 2. The Hall–Kier alpha value is -1.85. The molecular formula is C10H14N2O4. The number of carbonyl (C=O) groups is 2. The van der Waals surface area contributed by atoms with E-state index in [-0.39, 0.29) is 12.4 Å². The van der Waals surface area contributed by atoms with Crippen LogP contribution in [0.25, 0.3) is 0 Å². The highest BCUT2D eigenvalue weighted by atomic mass is 16.5. The summed E-state index contributed by atoms with van der Waals surface area (Å²) < 4.78 is 10.8. The summed E-state index contributed by atoms with van der Waals surface area (Å²) in [5.41, 5.74) is 0.381. The average molecular weight is 226 g/mol. The quantitative estimate of drug-likeness (QED) is 0.688. The Bertz CT molecular complexity index is 373. The van der Waals surface area contributed by atoms with E-state index in [2.05, 4.69) is 9.84 Å². The first-order valence-corrected chi connectivity index (χ1v) is 4.93. The largest absolute Gasteiger partial charge is 0.469 e. The van der Waals surface area contributed by atoms with Crippen molar-refractivity contribution in [3.63, 3.8) is 0 Å². The molecule has 0 fully saturated rings. The summed E-state index contributed by atoms with van der Waals surface area (Å²) >= 11 is 0. The number of hydrogen-bond acceptors (Lipinski definition) is 5. The van der Waals surface area contributed by atoms with Crippen LogP contribution < -0.4 is 0 Å². The molecule has 0 N–H and O–H groups in total. The van der Waals surface area contributed by atoms with Gasteiger partial charge >= 0.3 is 11.9 Å². The van der Waals surface area contributed by atoms with Crippen LogP contribution in [0, 0.1) is 0 Å². The zero-order valence-electron chi connectivity index (χ0n) is 9.30. The van der Waals surface area contributed by atoms with E-state index in [1.807, 2.05) is 0 Å². The van der Waals surface area contributed by atoms with Crippen molar-refractivity contribution in [1.82, 2.24) is 9.78 Å². The molecule has 0 saturated heterocycles. The molecule has 0 saturated carbocycles. The van der Waals surface area contributed by atoms with Crippen LogP contribution >= 0.6 is 0 Å². The lowest BCUT2D eigenvalue weighted by Gasteiger charge is -1.99. The number of ether oxygens (including phenoxy) is 2. The normalized spacial score (nSPS) is 9.88. The molecule has 0 bridgehead atoms. The summed E-state index contributed by atoms with van der Waals surface area (Å²) in [5, 5.41) is 3.93. The van der Waals surface area contributed by atoms with Crippen LogP contribution in [0.15, 0.2) is 12.4 Å². The van der Waals surface area contributed by atoms with Gasteiger partial charge in [-0.15, -0.1) is 0 Å². The predicted octanol–water partition coefficient (Wildman–Crippen LogP) is 0.623. The molecule has 0 spiro atoms. The highest BCUT2D eigenvalue weighted by molar-refractivity contribution is 5.88. The van der Waals surface area contributed by atoms with E-state index in [1.165, 1.54) is 18.0 Å². The number of aryl methyl sites for hydroxylation is 1. The Morgan fingerprint density at radius 1 is 1.50 bits per heavy atom. The lowest BCUT2D eigenvalue weighted by molar-refractivity contribution is -0.140. The van der Waals surface area contributed by atoms with E-state index >= 15 is 0 Å². The third-order valence-corrected chi connectivity index (χ3v) is 1.92. The van der Waals surface area contributed by atoms with Crippen molar-refractivity contribution in [3.8, 4) is 0 Å². The van der Waals surface area contributed by atoms with Gasteiger partial charge in [0, 0.05) is 6.20 Å². The fourth-order valence-electron chi connectivity index (χ4n) is 1.11. The van der Waals surface area contributed by atoms with Gasteiger partial charge in [-0.25, -0.2) is 4.79 Å². The van der Waals surface area contributed by atoms with Crippen LogP contribution in [0.1, 0.15) is 23.7 Å². The topological polar surface area (TPSA) is 70.4 Å². The van der Waals surface area contributed by atoms with Crippen LogP contribution in [0.2, 0.25) is 0 Å². The van der Waals surface area contributed by atoms with Crippen molar-refractivity contribution in [3.05, 3.63) is 18.0 Å². The van der Waals surface area contributed by atoms with Gasteiger partial charge in [-0.05, 0) is 6.92 Å². The molecule has 6 heteroatoms. The molecule has 0 radical (unpaired) electrons. The molecule has 0 aliphatic carbocycles. The summed E-state index contributed by atoms with van der Waals surface area (Å²) in [7, 11) is 1.33. The molecule has 0 atom stereocenters. The third-order valence-electron chi connectivity index (χ3n) is 1.92. The first-order chi connectivity index (χ1) is 7.67. The molecule has 16 heavy (non-hydrogen) atoms. The molecule has 1 aromatic rings. The van der Waals surface area contributed by atoms with E-state index in [0.717, 1.165) is 0 Å². The first kappa shape index (κ1) is 12.2. The first-order valence-electron chi connectivity index (χ1n) is 4.93. The van der Waals surface area contributed by atoms with E-state index in [9.17, 15) is 9.59 Å². The zero-order chi connectivity index (χ0) is 12.0. The molecule has 0 aromatic carbocycles. The van der Waals surface area contributed by atoms with Gasteiger partial charge in [0.15, 0.2) is 0 Å². The van der Waals surface area contributed by atoms with Crippen molar-refractivity contribution >= 4 is 11.9 Å². The van der Waals surface area contributed by atoms with Gasteiger partial charge in [-0.1, -0.05) is 0 Å².